The first kappa shape index (κ1) is 51.6. The molecule has 0 aliphatic carbocycles. The zero-order chi connectivity index (χ0) is 50.2. The van der Waals surface area contributed by atoms with Gasteiger partial charge in [-0.05, 0) is 89.0 Å². The molecule has 5 rings (SSSR count). The molecule has 6 amide bonds. The highest BCUT2D eigenvalue weighted by molar-refractivity contribution is 6.02. The average molecular weight is 941 g/mol. The van der Waals surface area contributed by atoms with Crippen LogP contribution in [0.2, 0.25) is 0 Å². The molecule has 2 aliphatic rings. The molecule has 0 spiro atoms. The van der Waals surface area contributed by atoms with Crippen molar-refractivity contribution in [2.75, 3.05) is 37.9 Å². The molecule has 4 N–H and O–H groups in total. The first-order valence-electron chi connectivity index (χ1n) is 22.4. The van der Waals surface area contributed by atoms with Crippen LogP contribution in [0.3, 0.4) is 0 Å². The Labute approximate surface area is 394 Å². The van der Waals surface area contributed by atoms with Crippen LogP contribution in [0.4, 0.5) is 32.3 Å². The number of hydrogen-bond acceptors (Lipinski definition) is 12. The van der Waals surface area contributed by atoms with Crippen LogP contribution in [0.5, 0.6) is 0 Å². The van der Waals surface area contributed by atoms with Gasteiger partial charge in [-0.1, -0.05) is 84.9 Å². The topological polar surface area (TPSA) is 262 Å². The Hall–Kier alpha value is -7.38. The van der Waals surface area contributed by atoms with Crippen molar-refractivity contribution in [2.45, 2.75) is 104 Å². The van der Waals surface area contributed by atoms with Crippen molar-refractivity contribution in [1.82, 2.24) is 20.4 Å². The summed E-state index contributed by atoms with van der Waals surface area (Å²) >= 11 is 0. The molecule has 2 aliphatic heterocycles. The van der Waals surface area contributed by atoms with Crippen molar-refractivity contribution >= 4 is 70.2 Å². The number of alkyl carbamates (subject to hydrolysis) is 2. The van der Waals surface area contributed by atoms with Crippen LogP contribution in [0.25, 0.3) is 11.6 Å². The number of ether oxygens (including phenoxy) is 2. The molecule has 364 valence electrons. The third kappa shape index (κ3) is 12.1. The normalized spacial score (nSPS) is 17.0. The maximum absolute atomic E-state index is 13.8. The van der Waals surface area contributed by atoms with Crippen LogP contribution in [0, 0.1) is 32.1 Å². The van der Waals surface area contributed by atoms with Gasteiger partial charge in [0.15, 0.2) is 0 Å². The van der Waals surface area contributed by atoms with Crippen LogP contribution < -0.4 is 21.3 Å². The minimum absolute atomic E-state index is 0.127. The van der Waals surface area contributed by atoms with Crippen LogP contribution in [-0.4, -0.2) is 107 Å². The summed E-state index contributed by atoms with van der Waals surface area (Å²) in [4.78, 5) is 105. The van der Waals surface area contributed by atoms with E-state index in [1.165, 1.54) is 48.3 Å². The summed E-state index contributed by atoms with van der Waals surface area (Å²) in [6, 6.07) is 12.0. The molecule has 4 atom stereocenters. The number of nitro benzene ring substituents is 2. The SMILES string of the molecule is COC(=O)N[C@H](C(=O)N1CCC[C@H]1C(=O)Nc1ccc(/C=C(\c2ccc(C(C)(C)C)cc2)c2ccc(NC(=O)[C@@H]3CCCN3C(=O)[C@@H](NC(=O)OC)C(C)C)c([N+](=O)[O-])c2)cc1[N+](=O)[O-])C(C)C. The lowest BCUT2D eigenvalue weighted by molar-refractivity contribution is -0.384. The lowest BCUT2D eigenvalue weighted by Crippen LogP contribution is -2.54. The molecule has 0 radical (unpaired) electrons. The molecule has 2 fully saturated rings. The van der Waals surface area contributed by atoms with Crippen LogP contribution >= 0.6 is 0 Å². The zero-order valence-corrected chi connectivity index (χ0v) is 39.7. The van der Waals surface area contributed by atoms with E-state index in [1.54, 1.807) is 45.9 Å². The Morgan fingerprint density at radius 1 is 0.662 bits per heavy atom. The maximum Gasteiger partial charge on any atom is 0.407 e. The van der Waals surface area contributed by atoms with E-state index in [9.17, 15) is 49.0 Å². The molecule has 20 heteroatoms. The standard InChI is InChI=1S/C48H60N8O12/c1-27(2)40(51-46(61)67-8)44(59)53-22-10-12-36(53)42(57)49-34-20-14-29(25-38(34)55(63)64)24-33(30-15-18-32(19-16-30)48(5,6)7)31-17-21-35(39(26-31)56(65)66)50-43(58)37-13-11-23-54(37)45(60)41(28(3)4)52-47(62)68-9/h14-21,24-28,36-37,40-41H,10-13,22-23H2,1-9H3,(H,49,57)(H,50,58)(H,51,61)(H,52,62)/b33-24+/t36-,37-,40-,41-/m0/s1. The summed E-state index contributed by atoms with van der Waals surface area (Å²) in [5.74, 6) is -2.96. The number of likely N-dealkylation sites (tertiary alicyclic amines) is 2. The van der Waals surface area contributed by atoms with E-state index in [4.69, 9.17) is 0 Å². The Bertz CT molecular complexity index is 2460. The van der Waals surface area contributed by atoms with Gasteiger partial charge in [-0.15, -0.1) is 0 Å². The number of amides is 6. The van der Waals surface area contributed by atoms with E-state index in [2.05, 4.69) is 30.7 Å². The minimum Gasteiger partial charge on any atom is -0.453 e. The molecular formula is C48H60N8O12. The molecule has 0 saturated carbocycles. The van der Waals surface area contributed by atoms with Gasteiger partial charge in [0.2, 0.25) is 23.6 Å². The lowest BCUT2D eigenvalue weighted by Gasteiger charge is -2.30. The number of methoxy groups -OCH3 is 2. The second-order valence-electron chi connectivity index (χ2n) is 18.5. The Kier molecular flexibility index (Phi) is 16.7. The van der Waals surface area contributed by atoms with Crippen LogP contribution in [0.15, 0.2) is 60.7 Å². The summed E-state index contributed by atoms with van der Waals surface area (Å²) < 4.78 is 9.37. The van der Waals surface area contributed by atoms with Crippen molar-refractivity contribution in [1.29, 1.82) is 0 Å². The van der Waals surface area contributed by atoms with E-state index in [1.807, 2.05) is 45.0 Å². The maximum atomic E-state index is 13.8. The van der Waals surface area contributed by atoms with Crippen molar-refractivity contribution < 1.29 is 48.1 Å². The molecule has 0 bridgehead atoms. The van der Waals surface area contributed by atoms with Gasteiger partial charge in [0, 0.05) is 25.2 Å². The second kappa shape index (κ2) is 21.9. The van der Waals surface area contributed by atoms with Gasteiger partial charge >= 0.3 is 12.2 Å². The van der Waals surface area contributed by atoms with Crippen LogP contribution in [-0.2, 0) is 34.1 Å². The summed E-state index contributed by atoms with van der Waals surface area (Å²) in [5.41, 5.74) is 1.30. The molecule has 3 aromatic carbocycles. The number of hydrogen-bond donors (Lipinski definition) is 4. The van der Waals surface area contributed by atoms with E-state index in [-0.39, 0.29) is 54.6 Å². The average Bonchev–Trinajstić information content (AvgIpc) is 4.00. The van der Waals surface area contributed by atoms with Gasteiger partial charge in [0.25, 0.3) is 11.4 Å². The number of carbonyl (C=O) groups is 6. The highest BCUT2D eigenvalue weighted by Crippen LogP contribution is 2.36. The van der Waals surface area contributed by atoms with Crippen molar-refractivity contribution in [3.8, 4) is 0 Å². The van der Waals surface area contributed by atoms with Gasteiger partial charge < -0.3 is 40.5 Å². The Balaban J connectivity index is 1.49. The number of rotatable bonds is 15. The highest BCUT2D eigenvalue weighted by atomic mass is 16.6. The fraction of sp³-hybridized carbons (Fsp3) is 0.458. The number of carbonyl (C=O) groups excluding carboxylic acids is 6. The molecular weight excluding hydrogens is 881 g/mol. The van der Waals surface area contributed by atoms with Crippen molar-refractivity contribution in [3.63, 3.8) is 0 Å². The van der Waals surface area contributed by atoms with Gasteiger partial charge in [0.05, 0.1) is 24.1 Å². The molecule has 68 heavy (non-hydrogen) atoms. The number of anilines is 2. The van der Waals surface area contributed by atoms with Crippen molar-refractivity contribution in [3.05, 3.63) is 103 Å². The van der Waals surface area contributed by atoms with Crippen LogP contribution in [0.1, 0.15) is 96.4 Å². The molecule has 2 heterocycles. The highest BCUT2D eigenvalue weighted by Gasteiger charge is 2.41. The first-order valence-corrected chi connectivity index (χ1v) is 22.4. The minimum atomic E-state index is -0.981. The lowest BCUT2D eigenvalue weighted by atomic mass is 9.85. The first-order chi connectivity index (χ1) is 32.1. The second-order valence-corrected chi connectivity index (χ2v) is 18.5. The molecule has 2 saturated heterocycles. The summed E-state index contributed by atoms with van der Waals surface area (Å²) in [6.07, 6.45) is 1.55. The van der Waals surface area contributed by atoms with E-state index >= 15 is 0 Å². The number of nitrogens with zero attached hydrogens (tertiary/aromatic N) is 4. The van der Waals surface area contributed by atoms with Gasteiger partial charge in [-0.25, -0.2) is 9.59 Å². The smallest absolute Gasteiger partial charge is 0.407 e. The van der Waals surface area contributed by atoms with E-state index in [0.29, 0.717) is 35.1 Å². The predicted molar refractivity (Wildman–Crippen MR) is 253 cm³/mol. The fourth-order valence-corrected chi connectivity index (χ4v) is 8.30. The molecule has 0 unspecified atom stereocenters. The Morgan fingerprint density at radius 2 is 1.09 bits per heavy atom. The Morgan fingerprint density at radius 3 is 1.50 bits per heavy atom. The van der Waals surface area contributed by atoms with E-state index in [0.717, 1.165) is 5.56 Å². The predicted octanol–water partition coefficient (Wildman–Crippen LogP) is 7.01. The monoisotopic (exact) mass is 940 g/mol. The van der Waals surface area contributed by atoms with Gasteiger partial charge in [-0.3, -0.25) is 39.4 Å². The number of nitro groups is 2. The fourth-order valence-electron chi connectivity index (χ4n) is 8.30. The van der Waals surface area contributed by atoms with E-state index < -0.39 is 81.2 Å². The third-order valence-electron chi connectivity index (χ3n) is 12.1. The largest absolute Gasteiger partial charge is 0.453 e. The zero-order valence-electron chi connectivity index (χ0n) is 39.7. The number of nitrogens with one attached hydrogen (secondary N) is 4. The molecule has 3 aromatic rings. The summed E-state index contributed by atoms with van der Waals surface area (Å²) in [5, 5.41) is 35.6. The summed E-state index contributed by atoms with van der Waals surface area (Å²) in [7, 11) is 2.35. The number of benzene rings is 3. The molecule has 20 nitrogen and oxygen atoms in total. The third-order valence-corrected chi connectivity index (χ3v) is 12.1. The van der Waals surface area contributed by atoms with Gasteiger partial charge in [-0.2, -0.15) is 0 Å². The summed E-state index contributed by atoms with van der Waals surface area (Å²) in [6.45, 7) is 13.5. The van der Waals surface area contributed by atoms with Gasteiger partial charge in [0.1, 0.15) is 35.5 Å². The molecule has 0 aromatic heterocycles. The quantitative estimate of drug-likeness (QED) is 0.0681. The van der Waals surface area contributed by atoms with Crippen molar-refractivity contribution in [2.24, 2.45) is 11.8 Å².